The molecule has 1 saturated heterocycles. The third-order valence-electron chi connectivity index (χ3n) is 6.01. The number of hydrogen-bond donors (Lipinski definition) is 2. The molecule has 1 aliphatic heterocycles. The normalized spacial score (nSPS) is 15.2. The van der Waals surface area contributed by atoms with E-state index in [1.165, 1.54) is 5.56 Å². The highest BCUT2D eigenvalue weighted by Gasteiger charge is 2.22. The Morgan fingerprint density at radius 2 is 1.62 bits per heavy atom. The van der Waals surface area contributed by atoms with Crippen LogP contribution in [0.3, 0.4) is 0 Å². The Kier molecular flexibility index (Phi) is 9.19. The molecule has 3 aromatic carbocycles. The highest BCUT2D eigenvalue weighted by Crippen LogP contribution is 2.31. The molecule has 1 aliphatic rings. The van der Waals surface area contributed by atoms with Crippen molar-refractivity contribution in [1.82, 2.24) is 4.90 Å². The van der Waals surface area contributed by atoms with Gasteiger partial charge in [-0.1, -0.05) is 37.8 Å². The summed E-state index contributed by atoms with van der Waals surface area (Å²) in [5.74, 6) is 3.38. The van der Waals surface area contributed by atoms with E-state index in [2.05, 4.69) is 17.0 Å². The van der Waals surface area contributed by atoms with Gasteiger partial charge in [-0.15, -0.1) is 0 Å². The van der Waals surface area contributed by atoms with Crippen molar-refractivity contribution < 1.29 is 19.3 Å². The van der Waals surface area contributed by atoms with Crippen molar-refractivity contribution in [2.75, 3.05) is 39.1 Å². The van der Waals surface area contributed by atoms with Gasteiger partial charge in [0.15, 0.2) is 11.5 Å². The fourth-order valence-electron chi connectivity index (χ4n) is 4.22. The molecular weight excluding hydrogens is 428 g/mol. The molecule has 0 spiro atoms. The molecule has 3 N–H and O–H groups in total. The van der Waals surface area contributed by atoms with E-state index in [0.29, 0.717) is 29.6 Å². The molecule has 6 nitrogen and oxygen atoms in total. The van der Waals surface area contributed by atoms with Crippen LogP contribution in [0, 0.1) is 0 Å². The number of likely N-dealkylation sites (tertiary alicyclic amines) is 1. The van der Waals surface area contributed by atoms with Crippen LogP contribution in [0.15, 0.2) is 72.8 Å². The van der Waals surface area contributed by atoms with Gasteiger partial charge >= 0.3 is 0 Å². The second kappa shape index (κ2) is 12.3. The number of benzene rings is 3. The number of aliphatic hydroxyl groups is 1. The van der Waals surface area contributed by atoms with Crippen LogP contribution in [0.25, 0.3) is 0 Å². The van der Waals surface area contributed by atoms with Crippen LogP contribution < -0.4 is 19.9 Å². The molecule has 182 valence electrons. The molecule has 6 heteroatoms. The number of anilines is 1. The van der Waals surface area contributed by atoms with E-state index in [1.807, 2.05) is 42.5 Å². The molecular formula is C28H36N2O4. The Morgan fingerprint density at radius 3 is 2.29 bits per heavy atom. The van der Waals surface area contributed by atoms with Crippen LogP contribution in [-0.4, -0.2) is 49.5 Å². The zero-order chi connectivity index (χ0) is 23.0. The van der Waals surface area contributed by atoms with Crippen molar-refractivity contribution in [2.24, 2.45) is 0 Å². The SMILES string of the molecule is C.COc1ccc(N)cc1OCC(O)CN1CCC(c2ccc(Oc3ccccc3)cc2)CC1. The smallest absolute Gasteiger partial charge is 0.163 e. The summed E-state index contributed by atoms with van der Waals surface area (Å²) in [6.07, 6.45) is 1.55. The van der Waals surface area contributed by atoms with Gasteiger partial charge in [-0.2, -0.15) is 0 Å². The summed E-state index contributed by atoms with van der Waals surface area (Å²) in [6, 6.07) is 23.5. The summed E-state index contributed by atoms with van der Waals surface area (Å²) >= 11 is 0. The van der Waals surface area contributed by atoms with E-state index in [1.54, 1.807) is 25.3 Å². The maximum Gasteiger partial charge on any atom is 0.163 e. The number of nitrogens with two attached hydrogens (primary N) is 1. The Morgan fingerprint density at radius 1 is 0.941 bits per heavy atom. The molecule has 0 bridgehead atoms. The molecule has 0 aliphatic carbocycles. The predicted octanol–water partition coefficient (Wildman–Crippen LogP) is 5.33. The van der Waals surface area contributed by atoms with Gasteiger partial charge < -0.3 is 30.0 Å². The third-order valence-corrected chi connectivity index (χ3v) is 6.01. The summed E-state index contributed by atoms with van der Waals surface area (Å²) in [7, 11) is 1.59. The standard InChI is InChI=1S/C27H32N2O4.CH4/c1-31-26-12-9-22(28)17-27(26)32-19-23(30)18-29-15-13-21(14-16-29)20-7-10-25(11-8-20)33-24-5-3-2-4-6-24;/h2-12,17,21,23,30H,13-16,18-19,28H2,1H3;1H4. The van der Waals surface area contributed by atoms with Gasteiger partial charge in [-0.05, 0) is 73.8 Å². The minimum Gasteiger partial charge on any atom is -0.493 e. The highest BCUT2D eigenvalue weighted by molar-refractivity contribution is 5.51. The number of para-hydroxylation sites is 1. The first-order valence-electron chi connectivity index (χ1n) is 11.4. The molecule has 3 aromatic rings. The summed E-state index contributed by atoms with van der Waals surface area (Å²) in [4.78, 5) is 2.30. The molecule has 1 unspecified atom stereocenters. The summed E-state index contributed by atoms with van der Waals surface area (Å²) in [5, 5.41) is 10.5. The summed E-state index contributed by atoms with van der Waals surface area (Å²) in [6.45, 7) is 2.68. The number of β-amino-alcohol motifs (C(OH)–C–C–N with tert-alkyl or cyclic N) is 1. The number of ether oxygens (including phenoxy) is 3. The van der Waals surface area contributed by atoms with E-state index >= 15 is 0 Å². The van der Waals surface area contributed by atoms with Crippen molar-refractivity contribution in [1.29, 1.82) is 0 Å². The predicted molar refractivity (Wildman–Crippen MR) is 137 cm³/mol. The average Bonchev–Trinajstić information content (AvgIpc) is 2.84. The molecule has 0 aromatic heterocycles. The molecule has 4 rings (SSSR count). The number of aliphatic hydroxyl groups excluding tert-OH is 1. The fraction of sp³-hybridized carbons (Fsp3) is 0.357. The molecule has 1 atom stereocenters. The van der Waals surface area contributed by atoms with Crippen LogP contribution in [0.5, 0.6) is 23.0 Å². The molecule has 34 heavy (non-hydrogen) atoms. The first-order valence-corrected chi connectivity index (χ1v) is 11.4. The highest BCUT2D eigenvalue weighted by atomic mass is 16.5. The lowest BCUT2D eigenvalue weighted by molar-refractivity contribution is 0.0586. The number of nitrogens with zero attached hydrogens (tertiary/aromatic N) is 1. The Balaban J connectivity index is 0.00000324. The van der Waals surface area contributed by atoms with E-state index in [-0.39, 0.29) is 14.0 Å². The first kappa shape index (κ1) is 25.4. The summed E-state index contributed by atoms with van der Waals surface area (Å²) in [5.41, 5.74) is 7.77. The van der Waals surface area contributed by atoms with Crippen molar-refractivity contribution in [3.63, 3.8) is 0 Å². The number of piperidine rings is 1. The van der Waals surface area contributed by atoms with Crippen LogP contribution in [0.4, 0.5) is 5.69 Å². The second-order valence-corrected chi connectivity index (χ2v) is 8.43. The molecule has 1 heterocycles. The van der Waals surface area contributed by atoms with E-state index in [4.69, 9.17) is 19.9 Å². The zero-order valence-corrected chi connectivity index (χ0v) is 19.0. The Labute approximate surface area is 202 Å². The van der Waals surface area contributed by atoms with E-state index in [9.17, 15) is 5.11 Å². The van der Waals surface area contributed by atoms with Crippen LogP contribution >= 0.6 is 0 Å². The van der Waals surface area contributed by atoms with Gasteiger partial charge in [0.25, 0.3) is 0 Å². The van der Waals surface area contributed by atoms with Crippen LogP contribution in [-0.2, 0) is 0 Å². The van der Waals surface area contributed by atoms with Crippen molar-refractivity contribution in [3.8, 4) is 23.0 Å². The first-order chi connectivity index (χ1) is 16.1. The number of hydrogen-bond acceptors (Lipinski definition) is 6. The lowest BCUT2D eigenvalue weighted by atomic mass is 9.89. The van der Waals surface area contributed by atoms with Gasteiger partial charge in [0.2, 0.25) is 0 Å². The molecule has 0 saturated carbocycles. The van der Waals surface area contributed by atoms with Crippen molar-refractivity contribution in [3.05, 3.63) is 78.4 Å². The molecule has 0 amide bonds. The number of methoxy groups -OCH3 is 1. The monoisotopic (exact) mass is 464 g/mol. The lowest BCUT2D eigenvalue weighted by Crippen LogP contribution is -2.40. The van der Waals surface area contributed by atoms with Crippen molar-refractivity contribution >= 4 is 5.69 Å². The fourth-order valence-corrected chi connectivity index (χ4v) is 4.22. The van der Waals surface area contributed by atoms with Gasteiger partial charge in [-0.25, -0.2) is 0 Å². The van der Waals surface area contributed by atoms with Gasteiger partial charge in [0, 0.05) is 18.3 Å². The van der Waals surface area contributed by atoms with Crippen LogP contribution in [0.1, 0.15) is 31.7 Å². The van der Waals surface area contributed by atoms with Gasteiger partial charge in [0.05, 0.1) is 7.11 Å². The van der Waals surface area contributed by atoms with Crippen molar-refractivity contribution in [2.45, 2.75) is 32.3 Å². The molecule has 0 radical (unpaired) electrons. The maximum atomic E-state index is 10.5. The zero-order valence-electron chi connectivity index (χ0n) is 19.0. The third kappa shape index (κ3) is 6.89. The summed E-state index contributed by atoms with van der Waals surface area (Å²) < 4.78 is 17.0. The van der Waals surface area contributed by atoms with Gasteiger partial charge in [-0.3, -0.25) is 0 Å². The number of rotatable bonds is 9. The van der Waals surface area contributed by atoms with Crippen LogP contribution in [0.2, 0.25) is 0 Å². The van der Waals surface area contributed by atoms with E-state index < -0.39 is 6.10 Å². The van der Waals surface area contributed by atoms with Gasteiger partial charge in [0.1, 0.15) is 24.2 Å². The number of nitrogen functional groups attached to an aromatic ring is 1. The minimum absolute atomic E-state index is 0. The second-order valence-electron chi connectivity index (χ2n) is 8.43. The topological polar surface area (TPSA) is 77.2 Å². The Bertz CT molecular complexity index is 1000. The largest absolute Gasteiger partial charge is 0.493 e. The Hall–Kier alpha value is -3.22. The maximum absolute atomic E-state index is 10.5. The lowest BCUT2D eigenvalue weighted by Gasteiger charge is -2.33. The minimum atomic E-state index is -0.581. The average molecular weight is 465 g/mol. The molecule has 1 fully saturated rings. The quantitative estimate of drug-likeness (QED) is 0.417. The van der Waals surface area contributed by atoms with E-state index in [0.717, 1.165) is 37.4 Å².